The smallest absolute Gasteiger partial charge is 0.244 e. The number of halogens is 4. The number of methoxy groups -OCH3 is 2. The number of carbonyl (C=O) groups excluding carboxylic acids is 1. The summed E-state index contributed by atoms with van der Waals surface area (Å²) in [4.78, 5) is 19.4. The highest BCUT2D eigenvalue weighted by molar-refractivity contribution is 6.66. The SMILES string of the molecule is COc1cc(OC)c(Cl)c(/C(F)=C/c2cnc(N[C@H]3COCC(/C=C/C(=O)Cl)[C@H]3N)nc2)c1Cl. The number of nitrogens with one attached hydrogen (secondary N) is 1. The summed E-state index contributed by atoms with van der Waals surface area (Å²) in [5.41, 5.74) is 6.58. The summed E-state index contributed by atoms with van der Waals surface area (Å²) < 4.78 is 31.0. The van der Waals surface area contributed by atoms with Gasteiger partial charge in [-0.3, -0.25) is 4.79 Å². The van der Waals surface area contributed by atoms with E-state index >= 15 is 4.39 Å². The Labute approximate surface area is 210 Å². The van der Waals surface area contributed by atoms with E-state index in [0.717, 1.165) is 0 Å². The zero-order chi connectivity index (χ0) is 24.8. The summed E-state index contributed by atoms with van der Waals surface area (Å²) in [5.74, 6) is -0.222. The third-order valence-electron chi connectivity index (χ3n) is 5.13. The van der Waals surface area contributed by atoms with Crippen molar-refractivity contribution in [3.8, 4) is 11.5 Å². The summed E-state index contributed by atoms with van der Waals surface area (Å²) >= 11 is 17.9. The monoisotopic (exact) mass is 530 g/mol. The van der Waals surface area contributed by atoms with Gasteiger partial charge < -0.3 is 25.3 Å². The molecule has 1 saturated heterocycles. The number of ether oxygens (including phenoxy) is 3. The van der Waals surface area contributed by atoms with Crippen molar-refractivity contribution in [3.63, 3.8) is 0 Å². The van der Waals surface area contributed by atoms with Crippen LogP contribution >= 0.6 is 34.8 Å². The van der Waals surface area contributed by atoms with Crippen LogP contribution in [0.15, 0.2) is 30.6 Å². The molecule has 0 radical (unpaired) electrons. The predicted molar refractivity (Wildman–Crippen MR) is 130 cm³/mol. The van der Waals surface area contributed by atoms with Crippen molar-refractivity contribution in [1.82, 2.24) is 9.97 Å². The van der Waals surface area contributed by atoms with Crippen LogP contribution in [0.5, 0.6) is 11.5 Å². The second-order valence-corrected chi connectivity index (χ2v) is 8.44. The molecule has 1 aliphatic heterocycles. The van der Waals surface area contributed by atoms with Gasteiger partial charge >= 0.3 is 0 Å². The van der Waals surface area contributed by atoms with E-state index < -0.39 is 11.1 Å². The van der Waals surface area contributed by atoms with Crippen molar-refractivity contribution >= 4 is 57.9 Å². The van der Waals surface area contributed by atoms with Gasteiger partial charge in [0.1, 0.15) is 17.3 Å². The Morgan fingerprint density at radius 1 is 1.21 bits per heavy atom. The third kappa shape index (κ3) is 6.17. The Kier molecular flexibility index (Phi) is 9.10. The lowest BCUT2D eigenvalue weighted by atomic mass is 9.92. The number of rotatable bonds is 8. The van der Waals surface area contributed by atoms with E-state index in [1.165, 1.54) is 44.8 Å². The van der Waals surface area contributed by atoms with Gasteiger partial charge in [-0.1, -0.05) is 29.3 Å². The Hall–Kier alpha value is -2.43. The first kappa shape index (κ1) is 26.2. The van der Waals surface area contributed by atoms with Gasteiger partial charge in [0.2, 0.25) is 11.2 Å². The summed E-state index contributed by atoms with van der Waals surface area (Å²) in [6.45, 7) is 0.693. The van der Waals surface area contributed by atoms with Crippen LogP contribution in [-0.4, -0.2) is 54.7 Å². The van der Waals surface area contributed by atoms with Crippen LogP contribution in [-0.2, 0) is 9.53 Å². The summed E-state index contributed by atoms with van der Waals surface area (Å²) in [5, 5.41) is 2.52. The summed E-state index contributed by atoms with van der Waals surface area (Å²) in [6.07, 6.45) is 6.91. The summed E-state index contributed by atoms with van der Waals surface area (Å²) in [7, 11) is 2.80. The molecule has 1 unspecified atom stereocenters. The molecular formula is C22H22Cl3FN4O4. The molecule has 1 fully saturated rings. The van der Waals surface area contributed by atoms with E-state index in [2.05, 4.69) is 15.3 Å². The minimum atomic E-state index is -0.720. The molecule has 8 nitrogen and oxygen atoms in total. The fourth-order valence-electron chi connectivity index (χ4n) is 3.34. The number of anilines is 1. The van der Waals surface area contributed by atoms with Crippen LogP contribution in [0.1, 0.15) is 11.1 Å². The first-order chi connectivity index (χ1) is 16.2. The fraction of sp³-hybridized carbons (Fsp3) is 0.318. The van der Waals surface area contributed by atoms with Gasteiger partial charge in [-0.25, -0.2) is 14.4 Å². The molecule has 0 spiro atoms. The number of aromatic nitrogens is 2. The lowest BCUT2D eigenvalue weighted by Crippen LogP contribution is -2.53. The first-order valence-corrected chi connectivity index (χ1v) is 11.2. The molecule has 2 heterocycles. The fourth-order valence-corrected chi connectivity index (χ4v) is 4.09. The van der Waals surface area contributed by atoms with E-state index in [9.17, 15) is 4.79 Å². The Bertz CT molecular complexity index is 1070. The van der Waals surface area contributed by atoms with Gasteiger partial charge in [0.25, 0.3) is 0 Å². The standard InChI is InChI=1S/C22H22Cl3FN4O4/c1-32-15-6-16(33-2)20(25)18(19(15)24)13(26)5-11-7-28-22(29-8-11)30-14-10-34-9-12(21(14)27)3-4-17(23)31/h3-8,12,14,21H,9-10,27H2,1-2H3,(H,28,29,30)/b4-3+,13-5-/t12?,14-,21+/m0/s1. The van der Waals surface area contributed by atoms with E-state index in [4.69, 9.17) is 54.7 Å². The van der Waals surface area contributed by atoms with Gasteiger partial charge in [0.15, 0.2) is 0 Å². The largest absolute Gasteiger partial charge is 0.495 e. The van der Waals surface area contributed by atoms with E-state index in [0.29, 0.717) is 18.8 Å². The van der Waals surface area contributed by atoms with Crippen molar-refractivity contribution in [1.29, 1.82) is 0 Å². The average Bonchev–Trinajstić information content (AvgIpc) is 2.81. The molecule has 1 aromatic carbocycles. The van der Waals surface area contributed by atoms with Crippen LogP contribution in [0.2, 0.25) is 10.0 Å². The Morgan fingerprint density at radius 2 is 1.82 bits per heavy atom. The molecule has 12 heteroatoms. The highest BCUT2D eigenvalue weighted by atomic mass is 35.5. The first-order valence-electron chi connectivity index (χ1n) is 10.0. The number of carbonyl (C=O) groups is 1. The zero-order valence-electron chi connectivity index (χ0n) is 18.2. The number of hydrogen-bond acceptors (Lipinski definition) is 8. The second kappa shape index (κ2) is 11.8. The maximum Gasteiger partial charge on any atom is 0.244 e. The number of benzene rings is 1. The van der Waals surface area contributed by atoms with Crippen molar-refractivity contribution in [2.24, 2.45) is 11.7 Å². The van der Waals surface area contributed by atoms with Crippen molar-refractivity contribution in [2.75, 3.05) is 32.8 Å². The second-order valence-electron chi connectivity index (χ2n) is 7.31. The molecule has 182 valence electrons. The highest BCUT2D eigenvalue weighted by Gasteiger charge is 2.30. The number of nitrogens with zero attached hydrogens (tertiary/aromatic N) is 2. The molecular weight excluding hydrogens is 510 g/mol. The van der Waals surface area contributed by atoms with Crippen LogP contribution < -0.4 is 20.5 Å². The molecule has 0 bridgehead atoms. The quantitative estimate of drug-likeness (QED) is 0.382. The van der Waals surface area contributed by atoms with E-state index in [1.54, 1.807) is 6.08 Å². The Balaban J connectivity index is 1.77. The molecule has 0 saturated carbocycles. The molecule has 3 N–H and O–H groups in total. The highest BCUT2D eigenvalue weighted by Crippen LogP contribution is 2.44. The molecule has 2 aromatic rings. The minimum Gasteiger partial charge on any atom is -0.495 e. The molecule has 3 rings (SSSR count). The zero-order valence-corrected chi connectivity index (χ0v) is 20.5. The lowest BCUT2D eigenvalue weighted by Gasteiger charge is -2.34. The van der Waals surface area contributed by atoms with Crippen LogP contribution in [0.3, 0.4) is 0 Å². The van der Waals surface area contributed by atoms with Gasteiger partial charge in [0.05, 0.1) is 49.1 Å². The molecule has 1 aliphatic rings. The molecule has 1 aromatic heterocycles. The van der Waals surface area contributed by atoms with Gasteiger partial charge in [-0.05, 0) is 23.8 Å². The maximum atomic E-state index is 15.1. The maximum absolute atomic E-state index is 15.1. The topological polar surface area (TPSA) is 109 Å². The predicted octanol–water partition coefficient (Wildman–Crippen LogP) is 4.34. The average molecular weight is 532 g/mol. The van der Waals surface area contributed by atoms with Crippen LogP contribution in [0, 0.1) is 5.92 Å². The van der Waals surface area contributed by atoms with E-state index in [-0.39, 0.29) is 51.1 Å². The summed E-state index contributed by atoms with van der Waals surface area (Å²) in [6, 6.07) is 0.793. The number of hydrogen-bond donors (Lipinski definition) is 2. The number of allylic oxidation sites excluding steroid dienone is 1. The molecule has 3 atom stereocenters. The normalized spacial score (nSPS) is 20.9. The number of nitrogens with two attached hydrogens (primary N) is 1. The molecule has 34 heavy (non-hydrogen) atoms. The van der Waals surface area contributed by atoms with E-state index in [1.807, 2.05) is 0 Å². The minimum absolute atomic E-state index is 0.00649. The lowest BCUT2D eigenvalue weighted by molar-refractivity contribution is -0.107. The van der Waals surface area contributed by atoms with Gasteiger partial charge in [0, 0.05) is 36.0 Å². The third-order valence-corrected chi connectivity index (χ3v) is 6.01. The molecule has 0 amide bonds. The molecule has 0 aliphatic carbocycles. The Morgan fingerprint density at radius 3 is 2.38 bits per heavy atom. The van der Waals surface area contributed by atoms with Crippen LogP contribution in [0.4, 0.5) is 10.3 Å². The van der Waals surface area contributed by atoms with Crippen molar-refractivity contribution in [2.45, 2.75) is 12.1 Å². The van der Waals surface area contributed by atoms with Gasteiger partial charge in [-0.15, -0.1) is 0 Å². The van der Waals surface area contributed by atoms with Crippen LogP contribution in [0.25, 0.3) is 11.9 Å². The van der Waals surface area contributed by atoms with Gasteiger partial charge in [-0.2, -0.15) is 0 Å². The van der Waals surface area contributed by atoms with Crippen molar-refractivity contribution in [3.05, 3.63) is 51.8 Å². The van der Waals surface area contributed by atoms with Crippen molar-refractivity contribution < 1.29 is 23.4 Å².